The summed E-state index contributed by atoms with van der Waals surface area (Å²) in [7, 11) is -0.782. The molecule has 0 aliphatic rings. The van der Waals surface area contributed by atoms with E-state index in [9.17, 15) is 79.4 Å². The molecule has 13 nitrogen and oxygen atoms in total. The number of nitrogens with one attached hydrogen (secondary N) is 2. The summed E-state index contributed by atoms with van der Waals surface area (Å²) in [6, 6.07) is 0. The van der Waals surface area contributed by atoms with E-state index in [2.05, 4.69) is 25.8 Å². The second-order valence-electron chi connectivity index (χ2n) is 12.5. The first-order valence-corrected chi connectivity index (χ1v) is 19.6. The standard InChI is InChI=1S/C14H24F6N2O4S.C11H20F6N2O3S.C2H3ClO2.Na/c1-22(2,10-12(23)24)8-5-7-21-27(25,26)9-4-3-6-11(13(15,16)17)14(18,19)20;1-19(2)6-3-5-18-23(20,21)8-4-7-22-9(10(12,13)14)11(15,16)17;3-1-2(4)5;/h11,21H,3-10H2,1-2H3;9,18H,3-8H2,1-2H3;1H2,(H,4,5);/q;;;+1/p-1. The van der Waals surface area contributed by atoms with Gasteiger partial charge in [0.05, 0.1) is 50.0 Å². The number of unbranched alkanes of at least 4 members (excludes halogenated alkanes) is 1. The minimum Gasteiger partial charge on any atom is -0.549 e. The molecule has 0 bridgehead atoms. The maximum absolute atomic E-state index is 12.4. The predicted molar refractivity (Wildman–Crippen MR) is 170 cm³/mol. The number of quaternary nitrogens is 1. The normalized spacial score (nSPS) is 13.1. The zero-order valence-electron chi connectivity index (χ0n) is 31.1. The number of hydrogen-bond acceptors (Lipinski definition) is 10. The van der Waals surface area contributed by atoms with Crippen molar-refractivity contribution in [3.8, 4) is 0 Å². The number of carboxylic acid groups (broad SMARTS) is 2. The molecule has 0 rings (SSSR count). The first-order chi connectivity index (χ1) is 24.5. The van der Waals surface area contributed by atoms with Crippen LogP contribution in [0.2, 0.25) is 0 Å². The molecular formula is C27H46ClF12N4NaO9S2. The maximum atomic E-state index is 12.4. The maximum Gasteiger partial charge on any atom is 1.00 e. The number of hydrogen-bond donors (Lipinski definition) is 2. The van der Waals surface area contributed by atoms with Crippen LogP contribution in [0.1, 0.15) is 38.5 Å². The van der Waals surface area contributed by atoms with Gasteiger partial charge in [-0.2, -0.15) is 52.7 Å². The zero-order valence-corrected chi connectivity index (χ0v) is 35.4. The van der Waals surface area contributed by atoms with Gasteiger partial charge >= 0.3 is 54.3 Å². The summed E-state index contributed by atoms with van der Waals surface area (Å²) >= 11 is 4.67. The van der Waals surface area contributed by atoms with Gasteiger partial charge in [-0.3, -0.25) is 0 Å². The molecule has 0 heterocycles. The molecule has 0 aromatic carbocycles. The molecule has 0 saturated heterocycles. The fourth-order valence-electron chi connectivity index (χ4n) is 3.91. The Hall–Kier alpha value is -0.910. The average molecular weight is 921 g/mol. The van der Waals surface area contributed by atoms with Crippen LogP contribution in [0.15, 0.2) is 0 Å². The van der Waals surface area contributed by atoms with E-state index in [4.69, 9.17) is 9.90 Å². The number of alkyl halides is 13. The van der Waals surface area contributed by atoms with Gasteiger partial charge < -0.3 is 33.9 Å². The summed E-state index contributed by atoms with van der Waals surface area (Å²) < 4.78 is 202. The van der Waals surface area contributed by atoms with E-state index in [1.807, 2.05) is 4.90 Å². The minimum atomic E-state index is -5.60. The largest absolute Gasteiger partial charge is 1.00 e. The Labute approximate surface area is 344 Å². The minimum absolute atomic E-state index is 0. The van der Waals surface area contributed by atoms with Gasteiger partial charge in [0.1, 0.15) is 6.54 Å². The second kappa shape index (κ2) is 27.8. The molecule has 56 heavy (non-hydrogen) atoms. The van der Waals surface area contributed by atoms with Crippen LogP contribution in [0.4, 0.5) is 52.7 Å². The summed E-state index contributed by atoms with van der Waals surface area (Å²) in [5, 5.41) is 19.7. The van der Waals surface area contributed by atoms with Crippen LogP contribution < -0.4 is 49.2 Å². The molecule has 0 spiro atoms. The number of likely N-dealkylation sites (N-methyl/N-ethyl adjacent to an activating group) is 1. The summed E-state index contributed by atoms with van der Waals surface area (Å²) in [6.45, 7) is -0.158. The molecule has 0 amide bonds. The average Bonchev–Trinajstić information content (AvgIpc) is 2.94. The molecule has 0 aliphatic carbocycles. The van der Waals surface area contributed by atoms with Crippen molar-refractivity contribution in [3.05, 3.63) is 0 Å². The van der Waals surface area contributed by atoms with E-state index in [0.29, 0.717) is 25.9 Å². The molecule has 0 atom stereocenters. The Morgan fingerprint density at radius 2 is 1.12 bits per heavy atom. The third kappa shape index (κ3) is 36.2. The van der Waals surface area contributed by atoms with Gasteiger partial charge in [0.2, 0.25) is 26.2 Å². The fraction of sp³-hybridized carbons (Fsp3) is 0.926. The van der Waals surface area contributed by atoms with Gasteiger partial charge in [-0.05, 0) is 46.3 Å². The molecule has 2 N–H and O–H groups in total. The van der Waals surface area contributed by atoms with Crippen LogP contribution >= 0.6 is 11.6 Å². The molecular weight excluding hydrogens is 875 g/mol. The Morgan fingerprint density at radius 3 is 1.48 bits per heavy atom. The monoisotopic (exact) mass is 920 g/mol. The Bertz CT molecular complexity index is 1300. The van der Waals surface area contributed by atoms with E-state index in [1.54, 1.807) is 28.2 Å². The number of sulfonamides is 2. The van der Waals surface area contributed by atoms with Crippen LogP contribution in [0.3, 0.4) is 0 Å². The van der Waals surface area contributed by atoms with Gasteiger partial charge in [0, 0.05) is 26.1 Å². The van der Waals surface area contributed by atoms with Crippen molar-refractivity contribution in [1.29, 1.82) is 0 Å². The molecule has 0 fully saturated rings. The SMILES string of the molecule is CN(C)CCCNS(=O)(=O)CCCOC(C(F)(F)F)C(F)(F)F.C[N+](C)(CCCNS(=O)(=O)CCCCC(C(F)(F)F)C(F)(F)F)CC(=O)[O-].O=C([O-])CCl.[Na+]. The molecule has 0 unspecified atom stereocenters. The molecule has 29 heteroatoms. The van der Waals surface area contributed by atoms with Crippen LogP contribution in [0.5, 0.6) is 0 Å². The number of carbonyl (C=O) groups excluding carboxylic acids is 2. The van der Waals surface area contributed by atoms with Crippen molar-refractivity contribution in [2.75, 3.05) is 84.9 Å². The molecule has 0 aliphatic heterocycles. The smallest absolute Gasteiger partial charge is 0.549 e. The van der Waals surface area contributed by atoms with Crippen LogP contribution in [0.25, 0.3) is 0 Å². The van der Waals surface area contributed by atoms with Crippen molar-refractivity contribution in [3.63, 3.8) is 0 Å². The van der Waals surface area contributed by atoms with Crippen LogP contribution in [-0.2, 0) is 34.4 Å². The molecule has 0 radical (unpaired) electrons. The molecule has 0 aromatic rings. The fourth-order valence-corrected chi connectivity index (χ4v) is 6.19. The van der Waals surface area contributed by atoms with Gasteiger partial charge in [0.25, 0.3) is 0 Å². The van der Waals surface area contributed by atoms with Crippen molar-refractivity contribution < 1.29 is 128 Å². The molecule has 0 saturated carbocycles. The Morgan fingerprint density at radius 1 is 0.714 bits per heavy atom. The van der Waals surface area contributed by atoms with Crippen molar-refractivity contribution >= 4 is 43.6 Å². The summed E-state index contributed by atoms with van der Waals surface area (Å²) in [5.74, 6) is -7.57. The van der Waals surface area contributed by atoms with E-state index >= 15 is 0 Å². The topological polar surface area (TPSA) is 185 Å². The number of nitrogens with zero attached hydrogens (tertiary/aromatic N) is 2. The Kier molecular flexibility index (Phi) is 30.6. The van der Waals surface area contributed by atoms with E-state index in [1.165, 1.54) is 0 Å². The number of carbonyl (C=O) groups is 2. The first-order valence-electron chi connectivity index (χ1n) is 15.7. The van der Waals surface area contributed by atoms with Crippen molar-refractivity contribution in [1.82, 2.24) is 14.3 Å². The van der Waals surface area contributed by atoms with Gasteiger partial charge in [0.15, 0.2) is 5.92 Å². The van der Waals surface area contributed by atoms with E-state index in [0.717, 1.165) is 0 Å². The van der Waals surface area contributed by atoms with Gasteiger partial charge in [-0.25, -0.2) is 26.3 Å². The Balaban J connectivity index is -0.000000427. The molecule has 0 aromatic heterocycles. The summed E-state index contributed by atoms with van der Waals surface area (Å²) in [5.41, 5.74) is 0. The van der Waals surface area contributed by atoms with E-state index < -0.39 is 112 Å². The first kappa shape index (κ1) is 61.7. The van der Waals surface area contributed by atoms with E-state index in [-0.39, 0.29) is 60.1 Å². The van der Waals surface area contributed by atoms with Crippen molar-refractivity contribution in [2.24, 2.45) is 5.92 Å². The number of carboxylic acids is 2. The number of aliphatic carboxylic acids is 2. The van der Waals surface area contributed by atoms with Crippen molar-refractivity contribution in [2.45, 2.75) is 69.3 Å². The summed E-state index contributed by atoms with van der Waals surface area (Å²) in [6.07, 6.45) is -27.7. The third-order valence-electron chi connectivity index (χ3n) is 6.42. The van der Waals surface area contributed by atoms with Gasteiger partial charge in [-0.1, -0.05) is 6.42 Å². The quantitative estimate of drug-likeness (QED) is 0.0414. The third-order valence-corrected chi connectivity index (χ3v) is 9.57. The molecule has 332 valence electrons. The second-order valence-corrected chi connectivity index (χ2v) is 16.6. The van der Waals surface area contributed by atoms with Crippen LogP contribution in [0, 0.1) is 5.92 Å². The van der Waals surface area contributed by atoms with Crippen LogP contribution in [-0.4, -0.2) is 154 Å². The summed E-state index contributed by atoms with van der Waals surface area (Å²) in [4.78, 5) is 21.5. The number of rotatable bonds is 23. The zero-order chi connectivity index (χ0) is 44.1. The number of ether oxygens (including phenoxy) is 1. The predicted octanol–water partition coefficient (Wildman–Crippen LogP) is -1.23. The van der Waals surface area contributed by atoms with Gasteiger partial charge in [-0.15, -0.1) is 11.6 Å². The number of halogens is 13.